The summed E-state index contributed by atoms with van der Waals surface area (Å²) < 4.78 is 1.77. The first-order valence-corrected chi connectivity index (χ1v) is 5.09. The van der Waals surface area contributed by atoms with Gasteiger partial charge in [-0.2, -0.15) is 4.98 Å². The number of nitrogen functional groups attached to an aromatic ring is 1. The van der Waals surface area contributed by atoms with E-state index in [-0.39, 0.29) is 5.28 Å². The fourth-order valence-electron chi connectivity index (χ4n) is 0.884. The molecule has 0 aliphatic carbocycles. The minimum atomic E-state index is 0.180. The zero-order valence-electron chi connectivity index (χ0n) is 5.71. The predicted octanol–water partition coefficient (Wildman–Crippen LogP) is 2.69. The highest BCUT2D eigenvalue weighted by Crippen LogP contribution is 2.32. The number of anilines is 1. The van der Waals surface area contributed by atoms with Gasteiger partial charge in [0.15, 0.2) is 0 Å². The van der Waals surface area contributed by atoms with E-state index in [2.05, 4.69) is 25.9 Å². The minimum Gasteiger partial charge on any atom is -0.382 e. The van der Waals surface area contributed by atoms with Crippen LogP contribution in [0, 0.1) is 0 Å². The number of rotatable bonds is 0. The Bertz CT molecular complexity index is 442. The first-order valence-electron chi connectivity index (χ1n) is 3.04. The molecular weight excluding hydrogens is 262 g/mol. The Kier molecular flexibility index (Phi) is 1.94. The lowest BCUT2D eigenvalue weighted by molar-refractivity contribution is 1.23. The van der Waals surface area contributed by atoms with Gasteiger partial charge in [0.2, 0.25) is 5.28 Å². The highest BCUT2D eigenvalue weighted by molar-refractivity contribution is 9.10. The molecule has 0 radical (unpaired) electrons. The van der Waals surface area contributed by atoms with Gasteiger partial charge in [0.1, 0.15) is 11.3 Å². The van der Waals surface area contributed by atoms with Crippen LogP contribution >= 0.6 is 38.9 Å². The summed E-state index contributed by atoms with van der Waals surface area (Å²) in [6.07, 6.45) is 0. The summed E-state index contributed by atoms with van der Waals surface area (Å²) in [5.41, 5.74) is 6.40. The van der Waals surface area contributed by atoms with Gasteiger partial charge in [-0.25, -0.2) is 4.98 Å². The van der Waals surface area contributed by atoms with Gasteiger partial charge in [-0.3, -0.25) is 0 Å². The lowest BCUT2D eigenvalue weighted by Gasteiger charge is -1.94. The van der Waals surface area contributed by atoms with Crippen molar-refractivity contribution in [2.75, 3.05) is 5.73 Å². The van der Waals surface area contributed by atoms with Gasteiger partial charge < -0.3 is 5.73 Å². The second-order valence-electron chi connectivity index (χ2n) is 2.14. The molecule has 2 heterocycles. The third kappa shape index (κ3) is 1.18. The summed E-state index contributed by atoms with van der Waals surface area (Å²) in [6.45, 7) is 0. The number of thiophene rings is 1. The van der Waals surface area contributed by atoms with Crippen molar-refractivity contribution in [2.45, 2.75) is 0 Å². The molecule has 62 valence electrons. The molecule has 0 aliphatic rings. The number of hydrogen-bond donors (Lipinski definition) is 1. The number of halogens is 2. The number of nitrogens with two attached hydrogens (primary N) is 1. The van der Waals surface area contributed by atoms with Crippen molar-refractivity contribution >= 4 is 54.9 Å². The molecule has 2 aromatic rings. The van der Waals surface area contributed by atoms with Crippen LogP contribution in [0.2, 0.25) is 5.28 Å². The highest BCUT2D eigenvalue weighted by Gasteiger charge is 2.08. The largest absolute Gasteiger partial charge is 0.382 e. The molecule has 0 unspecified atom stereocenters. The smallest absolute Gasteiger partial charge is 0.224 e. The Hall–Kier alpha value is -0.390. The van der Waals surface area contributed by atoms with Crippen molar-refractivity contribution in [3.8, 4) is 0 Å². The first kappa shape index (κ1) is 8.22. The van der Waals surface area contributed by atoms with Gasteiger partial charge in [-0.05, 0) is 27.5 Å². The SMILES string of the molecule is Nc1nc(Cl)nc2c(Br)csc12. The van der Waals surface area contributed by atoms with E-state index in [1.54, 1.807) is 0 Å². The van der Waals surface area contributed by atoms with Crippen LogP contribution in [-0.4, -0.2) is 9.97 Å². The van der Waals surface area contributed by atoms with E-state index < -0.39 is 0 Å². The molecular formula is C6H3BrClN3S. The van der Waals surface area contributed by atoms with Crippen molar-refractivity contribution < 1.29 is 0 Å². The van der Waals surface area contributed by atoms with Crippen molar-refractivity contribution in [3.63, 3.8) is 0 Å². The zero-order valence-corrected chi connectivity index (χ0v) is 8.87. The van der Waals surface area contributed by atoms with Crippen molar-refractivity contribution in [2.24, 2.45) is 0 Å². The Morgan fingerprint density at radius 3 is 3.00 bits per heavy atom. The molecule has 3 nitrogen and oxygen atoms in total. The average Bonchev–Trinajstić information content (AvgIpc) is 2.33. The maximum Gasteiger partial charge on any atom is 0.224 e. The number of aromatic nitrogens is 2. The Morgan fingerprint density at radius 1 is 1.50 bits per heavy atom. The van der Waals surface area contributed by atoms with Gasteiger partial charge in [0.25, 0.3) is 0 Å². The molecule has 2 N–H and O–H groups in total. The quantitative estimate of drug-likeness (QED) is 0.744. The van der Waals surface area contributed by atoms with E-state index in [0.29, 0.717) is 5.82 Å². The molecule has 2 aromatic heterocycles. The van der Waals surface area contributed by atoms with E-state index in [0.717, 1.165) is 14.7 Å². The number of hydrogen-bond acceptors (Lipinski definition) is 4. The molecule has 0 saturated carbocycles. The second-order valence-corrected chi connectivity index (χ2v) is 4.21. The van der Waals surface area contributed by atoms with Crippen LogP contribution in [0.5, 0.6) is 0 Å². The van der Waals surface area contributed by atoms with Crippen molar-refractivity contribution in [1.29, 1.82) is 0 Å². The van der Waals surface area contributed by atoms with Crippen LogP contribution in [0.4, 0.5) is 5.82 Å². The van der Waals surface area contributed by atoms with Crippen LogP contribution in [0.15, 0.2) is 9.85 Å². The summed E-state index contributed by atoms with van der Waals surface area (Å²) in [7, 11) is 0. The van der Waals surface area contributed by atoms with Crippen LogP contribution in [0.3, 0.4) is 0 Å². The normalized spacial score (nSPS) is 10.8. The van der Waals surface area contributed by atoms with E-state index in [1.807, 2.05) is 5.38 Å². The third-order valence-corrected chi connectivity index (χ3v) is 3.44. The molecule has 2 rings (SSSR count). The number of nitrogens with zero attached hydrogens (tertiary/aromatic N) is 2. The molecule has 0 aliphatic heterocycles. The lowest BCUT2D eigenvalue weighted by atomic mass is 10.4. The number of fused-ring (bicyclic) bond motifs is 1. The molecule has 0 amide bonds. The zero-order chi connectivity index (χ0) is 8.72. The molecule has 0 spiro atoms. The summed E-state index contributed by atoms with van der Waals surface area (Å²) in [4.78, 5) is 7.87. The Labute approximate surface area is 85.7 Å². The summed E-state index contributed by atoms with van der Waals surface area (Å²) in [6, 6.07) is 0. The molecule has 0 aromatic carbocycles. The molecule has 0 saturated heterocycles. The molecule has 0 bridgehead atoms. The molecule has 6 heteroatoms. The van der Waals surface area contributed by atoms with Crippen molar-refractivity contribution in [3.05, 3.63) is 15.1 Å². The maximum absolute atomic E-state index is 5.63. The fraction of sp³-hybridized carbons (Fsp3) is 0. The molecule has 12 heavy (non-hydrogen) atoms. The topological polar surface area (TPSA) is 51.8 Å². The van der Waals surface area contributed by atoms with Gasteiger partial charge in [0.05, 0.1) is 9.17 Å². The van der Waals surface area contributed by atoms with Gasteiger partial charge in [-0.1, -0.05) is 0 Å². The Morgan fingerprint density at radius 2 is 2.25 bits per heavy atom. The standard InChI is InChI=1S/C6H3BrClN3S/c7-2-1-12-4-3(2)10-6(8)11-5(4)9/h1H,(H2,9,10,11). The minimum absolute atomic E-state index is 0.180. The van der Waals surface area contributed by atoms with E-state index >= 15 is 0 Å². The van der Waals surface area contributed by atoms with Crippen LogP contribution in [0.25, 0.3) is 10.2 Å². The van der Waals surface area contributed by atoms with Gasteiger partial charge in [0, 0.05) is 5.38 Å². The van der Waals surface area contributed by atoms with Crippen LogP contribution in [-0.2, 0) is 0 Å². The summed E-state index contributed by atoms with van der Waals surface area (Å²) in [5, 5.41) is 2.09. The maximum atomic E-state index is 5.63. The fourth-order valence-corrected chi connectivity index (χ4v) is 2.52. The van der Waals surface area contributed by atoms with Gasteiger partial charge >= 0.3 is 0 Å². The van der Waals surface area contributed by atoms with Crippen LogP contribution < -0.4 is 5.73 Å². The second kappa shape index (κ2) is 2.83. The van der Waals surface area contributed by atoms with E-state index in [9.17, 15) is 0 Å². The van der Waals surface area contributed by atoms with Crippen molar-refractivity contribution in [1.82, 2.24) is 9.97 Å². The monoisotopic (exact) mass is 263 g/mol. The van der Waals surface area contributed by atoms with Gasteiger partial charge in [-0.15, -0.1) is 11.3 Å². The summed E-state index contributed by atoms with van der Waals surface area (Å²) >= 11 is 10.5. The molecule has 0 atom stereocenters. The summed E-state index contributed by atoms with van der Waals surface area (Å²) in [5.74, 6) is 0.431. The highest BCUT2D eigenvalue weighted by atomic mass is 79.9. The van der Waals surface area contributed by atoms with Crippen LogP contribution in [0.1, 0.15) is 0 Å². The lowest BCUT2D eigenvalue weighted by Crippen LogP contribution is -1.92. The molecule has 0 fully saturated rings. The Balaban J connectivity index is 2.92. The average molecular weight is 265 g/mol. The third-order valence-electron chi connectivity index (χ3n) is 1.37. The predicted molar refractivity (Wildman–Crippen MR) is 54.5 cm³/mol. The van der Waals surface area contributed by atoms with E-state index in [1.165, 1.54) is 11.3 Å². The first-order chi connectivity index (χ1) is 5.68. The van der Waals surface area contributed by atoms with E-state index in [4.69, 9.17) is 17.3 Å².